The fraction of sp³-hybridized carbons (Fsp3) is 0.143. The molecule has 128 valence electrons. The van der Waals surface area contributed by atoms with E-state index in [4.69, 9.17) is 16.9 Å². The lowest BCUT2D eigenvalue weighted by Gasteiger charge is -2.15. The summed E-state index contributed by atoms with van der Waals surface area (Å²) in [5, 5.41) is 8.69. The van der Waals surface area contributed by atoms with Crippen LogP contribution >= 0.6 is 11.6 Å². The monoisotopic (exact) mass is 370 g/mol. The Bertz CT molecular complexity index is 1070. The van der Waals surface area contributed by atoms with Crippen LogP contribution < -0.4 is 11.2 Å². The van der Waals surface area contributed by atoms with Crippen LogP contribution in [-0.4, -0.2) is 15.2 Å². The predicted molar refractivity (Wildman–Crippen MR) is 79.8 cm³/mol. The minimum absolute atomic E-state index is 0.145. The molecule has 7 nitrogen and oxygen atoms in total. The van der Waals surface area contributed by atoms with Gasteiger partial charge in [-0.3, -0.25) is 9.36 Å². The van der Waals surface area contributed by atoms with Crippen molar-refractivity contribution in [2.45, 2.75) is 6.18 Å². The third-order valence-electron chi connectivity index (χ3n) is 3.20. The summed E-state index contributed by atoms with van der Waals surface area (Å²) in [6, 6.07) is 3.91. The molecule has 2 aromatic rings. The fourth-order valence-electron chi connectivity index (χ4n) is 2.07. The van der Waals surface area contributed by atoms with E-state index in [9.17, 15) is 27.6 Å². The Morgan fingerprint density at radius 2 is 1.88 bits per heavy atom. The molecule has 0 spiro atoms. The Balaban J connectivity index is 2.90. The van der Waals surface area contributed by atoms with E-state index in [0.717, 1.165) is 19.2 Å². The average Bonchev–Trinajstić information content (AvgIpc) is 2.52. The van der Waals surface area contributed by atoms with Crippen LogP contribution in [0.5, 0.6) is 0 Å². The lowest BCUT2D eigenvalue weighted by molar-refractivity contribution is -0.144. The molecule has 1 aromatic carbocycles. The second-order valence-corrected chi connectivity index (χ2v) is 5.09. The molecule has 25 heavy (non-hydrogen) atoms. The largest absolute Gasteiger partial charge is 0.431 e. The fourth-order valence-corrected chi connectivity index (χ4v) is 2.32. The maximum Gasteiger partial charge on any atom is 0.431 e. The Hall–Kier alpha value is -3.15. The number of nitrogens with zero attached hydrogens (tertiary/aromatic N) is 4. The molecule has 1 aromatic heterocycles. The van der Waals surface area contributed by atoms with Crippen molar-refractivity contribution in [2.24, 2.45) is 12.0 Å². The van der Waals surface area contributed by atoms with Gasteiger partial charge in [0.25, 0.3) is 5.56 Å². The summed E-state index contributed by atoms with van der Waals surface area (Å²) >= 11 is 5.92. The lowest BCUT2D eigenvalue weighted by atomic mass is 10.1. The van der Waals surface area contributed by atoms with Crippen molar-refractivity contribution in [1.29, 1.82) is 5.26 Å². The number of hydrogen-bond donors (Lipinski definition) is 0. The zero-order valence-corrected chi connectivity index (χ0v) is 13.0. The van der Waals surface area contributed by atoms with E-state index in [2.05, 4.69) is 4.99 Å². The van der Waals surface area contributed by atoms with Gasteiger partial charge in [0.1, 0.15) is 11.8 Å². The molecule has 0 amide bonds. The number of nitriles is 1. The smallest absolute Gasteiger partial charge is 0.292 e. The number of alkyl halides is 3. The van der Waals surface area contributed by atoms with Gasteiger partial charge in [0.2, 0.25) is 6.08 Å². The van der Waals surface area contributed by atoms with E-state index in [0.29, 0.717) is 4.57 Å². The number of aromatic nitrogens is 2. The summed E-state index contributed by atoms with van der Waals surface area (Å²) in [5.41, 5.74) is -4.75. The van der Waals surface area contributed by atoms with E-state index in [-0.39, 0.29) is 32.6 Å². The quantitative estimate of drug-likeness (QED) is 0.597. The molecule has 0 radical (unpaired) electrons. The predicted octanol–water partition coefficient (Wildman–Crippen LogP) is 2.05. The van der Waals surface area contributed by atoms with Gasteiger partial charge < -0.3 is 0 Å². The minimum Gasteiger partial charge on any atom is -0.292 e. The first-order valence-corrected chi connectivity index (χ1v) is 6.71. The van der Waals surface area contributed by atoms with Crippen molar-refractivity contribution in [2.75, 3.05) is 0 Å². The van der Waals surface area contributed by atoms with Gasteiger partial charge in [-0.05, 0) is 12.1 Å². The number of rotatable bonds is 2. The van der Waals surface area contributed by atoms with Crippen molar-refractivity contribution in [1.82, 2.24) is 9.13 Å². The van der Waals surface area contributed by atoms with E-state index >= 15 is 0 Å². The summed E-state index contributed by atoms with van der Waals surface area (Å²) in [5.74, 6) is 0. The van der Waals surface area contributed by atoms with Crippen LogP contribution in [0.2, 0.25) is 5.02 Å². The van der Waals surface area contributed by atoms with Crippen LogP contribution in [-0.2, 0) is 18.0 Å². The van der Waals surface area contributed by atoms with Crippen molar-refractivity contribution in [3.05, 3.63) is 55.3 Å². The maximum absolute atomic E-state index is 12.9. The first-order valence-electron chi connectivity index (χ1n) is 6.34. The highest BCUT2D eigenvalue weighted by atomic mass is 35.5. The highest BCUT2D eigenvalue weighted by molar-refractivity contribution is 6.32. The molecular formula is C14H6ClF3N4O3. The highest BCUT2D eigenvalue weighted by Gasteiger charge is 2.35. The molecule has 0 saturated heterocycles. The van der Waals surface area contributed by atoms with Crippen LogP contribution in [0.1, 0.15) is 11.3 Å². The highest BCUT2D eigenvalue weighted by Crippen LogP contribution is 2.29. The van der Waals surface area contributed by atoms with Gasteiger partial charge in [0.05, 0.1) is 22.0 Å². The van der Waals surface area contributed by atoms with Gasteiger partial charge in [-0.1, -0.05) is 11.6 Å². The molecule has 0 aliphatic rings. The lowest BCUT2D eigenvalue weighted by Crippen LogP contribution is -2.40. The van der Waals surface area contributed by atoms with Gasteiger partial charge in [0, 0.05) is 13.1 Å². The Morgan fingerprint density at radius 3 is 2.40 bits per heavy atom. The molecular weight excluding hydrogens is 365 g/mol. The summed E-state index contributed by atoms with van der Waals surface area (Å²) in [7, 11) is 0.836. The van der Waals surface area contributed by atoms with Gasteiger partial charge in [-0.15, -0.1) is 0 Å². The normalized spacial score (nSPS) is 10.9. The molecule has 0 aliphatic heterocycles. The number of benzene rings is 1. The standard InChI is InChI=1S/C14H6ClF3N4O3/c1-21-11(14(16,17)18)4-12(24)22(13(21)25)10-3-9(20-6-23)7(5-19)2-8(10)15/h2-4H,1H3. The van der Waals surface area contributed by atoms with Crippen molar-refractivity contribution in [3.8, 4) is 11.8 Å². The molecule has 1 heterocycles. The molecule has 0 N–H and O–H groups in total. The molecule has 2 rings (SSSR count). The molecule has 0 unspecified atom stereocenters. The van der Waals surface area contributed by atoms with Gasteiger partial charge >= 0.3 is 11.9 Å². The topological polar surface area (TPSA) is 97.2 Å². The van der Waals surface area contributed by atoms with Crippen LogP contribution in [0.4, 0.5) is 18.9 Å². The number of halogens is 4. The summed E-state index contributed by atoms with van der Waals surface area (Å²) in [4.78, 5) is 38.0. The number of hydrogen-bond acceptors (Lipinski definition) is 5. The third kappa shape index (κ3) is 3.24. The Labute approximate surface area is 141 Å². The Morgan fingerprint density at radius 1 is 1.24 bits per heavy atom. The molecule has 0 aliphatic carbocycles. The van der Waals surface area contributed by atoms with Crippen LogP contribution in [0.25, 0.3) is 5.69 Å². The van der Waals surface area contributed by atoms with Crippen molar-refractivity contribution >= 4 is 23.4 Å². The first kappa shape index (κ1) is 18.2. The zero-order valence-electron chi connectivity index (χ0n) is 12.3. The average molecular weight is 371 g/mol. The molecule has 0 bridgehead atoms. The number of aliphatic imine (C=N–C) groups is 1. The summed E-state index contributed by atoms with van der Waals surface area (Å²) in [6.07, 6.45) is -3.72. The van der Waals surface area contributed by atoms with E-state index < -0.39 is 23.1 Å². The second kappa shape index (κ2) is 6.39. The van der Waals surface area contributed by atoms with Gasteiger partial charge in [0.15, 0.2) is 0 Å². The Kier molecular flexibility index (Phi) is 4.65. The van der Waals surface area contributed by atoms with E-state index in [1.807, 2.05) is 0 Å². The minimum atomic E-state index is -4.91. The van der Waals surface area contributed by atoms with Gasteiger partial charge in [-0.25, -0.2) is 14.2 Å². The molecule has 0 atom stereocenters. The van der Waals surface area contributed by atoms with Crippen molar-refractivity contribution < 1.29 is 18.0 Å². The maximum atomic E-state index is 12.9. The van der Waals surface area contributed by atoms with Gasteiger partial charge in [-0.2, -0.15) is 23.4 Å². The third-order valence-corrected chi connectivity index (χ3v) is 3.51. The molecule has 11 heteroatoms. The number of carbonyl (C=O) groups excluding carboxylic acids is 1. The molecule has 0 saturated carbocycles. The summed E-state index contributed by atoms with van der Waals surface area (Å²) < 4.78 is 39.2. The van der Waals surface area contributed by atoms with E-state index in [1.165, 1.54) is 6.08 Å². The van der Waals surface area contributed by atoms with Crippen LogP contribution in [0.3, 0.4) is 0 Å². The first-order chi connectivity index (χ1) is 11.6. The van der Waals surface area contributed by atoms with Crippen LogP contribution in [0.15, 0.2) is 32.8 Å². The SMILES string of the molecule is Cn1c(C(F)(F)F)cc(=O)n(-c2cc(N=C=O)c(C#N)cc2Cl)c1=O. The summed E-state index contributed by atoms with van der Waals surface area (Å²) in [6.45, 7) is 0. The van der Waals surface area contributed by atoms with E-state index in [1.54, 1.807) is 6.07 Å². The van der Waals surface area contributed by atoms with Crippen molar-refractivity contribution in [3.63, 3.8) is 0 Å². The number of isocyanates is 1. The zero-order chi connectivity index (χ0) is 18.9. The van der Waals surface area contributed by atoms with Crippen LogP contribution in [0, 0.1) is 11.3 Å². The molecule has 0 fully saturated rings. The second-order valence-electron chi connectivity index (χ2n) is 4.68.